The number of rotatable bonds is 11. The molecule has 1 aromatic heterocycles. The fourth-order valence-electron chi connectivity index (χ4n) is 3.06. The summed E-state index contributed by atoms with van der Waals surface area (Å²) in [6, 6.07) is 0. The van der Waals surface area contributed by atoms with Crippen LogP contribution in [0.2, 0.25) is 0 Å². The van der Waals surface area contributed by atoms with Gasteiger partial charge in [-0.25, -0.2) is 9.97 Å². The van der Waals surface area contributed by atoms with Gasteiger partial charge < -0.3 is 19.7 Å². The highest BCUT2D eigenvalue weighted by Gasteiger charge is 2.26. The molecular weight excluding hydrogens is 356 g/mol. The van der Waals surface area contributed by atoms with Crippen LogP contribution in [0.25, 0.3) is 0 Å². The first-order valence-corrected chi connectivity index (χ1v) is 10.6. The third kappa shape index (κ3) is 8.52. The van der Waals surface area contributed by atoms with Crippen LogP contribution in [0.1, 0.15) is 47.5 Å². The van der Waals surface area contributed by atoms with Crippen molar-refractivity contribution in [1.29, 1.82) is 0 Å². The van der Waals surface area contributed by atoms with Crippen LogP contribution in [0.15, 0.2) is 12.4 Å². The van der Waals surface area contributed by atoms with E-state index >= 15 is 0 Å². The van der Waals surface area contributed by atoms with E-state index in [1.165, 1.54) is 0 Å². The van der Waals surface area contributed by atoms with Gasteiger partial charge in [-0.2, -0.15) is 0 Å². The molecule has 0 radical (unpaired) electrons. The molecule has 7 nitrogen and oxygen atoms in total. The van der Waals surface area contributed by atoms with Crippen molar-refractivity contribution in [1.82, 2.24) is 9.97 Å². The molecule has 2 heterocycles. The molecule has 0 atom stereocenters. The van der Waals surface area contributed by atoms with Gasteiger partial charge >= 0.3 is 0 Å². The van der Waals surface area contributed by atoms with Crippen LogP contribution in [0.3, 0.4) is 0 Å². The molecule has 1 N–H and O–H groups in total. The first-order valence-electron chi connectivity index (χ1n) is 10.6. The molecular formula is C21H38N4O3. The van der Waals surface area contributed by atoms with Crippen LogP contribution >= 0.6 is 0 Å². The number of carbonyl (C=O) groups is 1. The Morgan fingerprint density at radius 1 is 1.14 bits per heavy atom. The molecule has 28 heavy (non-hydrogen) atoms. The molecule has 0 aromatic carbocycles. The second-order valence-corrected chi connectivity index (χ2v) is 6.81. The standard InChI is InChI=1S/C19H32N4O3.C2H6/c1-4-25-11-12-26-10-7-20-17-13-22-18(14-21-17)23-8-5-16(6-9-23)19(24)15(2)3;1-2/h13-16H,4-12H2,1-3H3,(H,20,21);1-2H3. The second kappa shape index (κ2) is 14.3. The molecule has 1 aliphatic heterocycles. The van der Waals surface area contributed by atoms with E-state index in [1.807, 2.05) is 34.6 Å². The summed E-state index contributed by atoms with van der Waals surface area (Å²) in [4.78, 5) is 23.2. The highest BCUT2D eigenvalue weighted by Crippen LogP contribution is 2.24. The molecule has 0 spiro atoms. The second-order valence-electron chi connectivity index (χ2n) is 6.81. The molecule has 1 saturated heterocycles. The van der Waals surface area contributed by atoms with Gasteiger partial charge in [0.15, 0.2) is 0 Å². The zero-order valence-electron chi connectivity index (χ0n) is 18.2. The Morgan fingerprint density at radius 3 is 2.39 bits per heavy atom. The van der Waals surface area contributed by atoms with Gasteiger partial charge in [-0.05, 0) is 19.8 Å². The van der Waals surface area contributed by atoms with E-state index in [2.05, 4.69) is 20.2 Å². The number of carbonyl (C=O) groups excluding carboxylic acids is 1. The van der Waals surface area contributed by atoms with Crippen molar-refractivity contribution in [3.05, 3.63) is 12.4 Å². The zero-order valence-corrected chi connectivity index (χ0v) is 18.2. The fraction of sp³-hybridized carbons (Fsp3) is 0.762. The number of piperidine rings is 1. The minimum absolute atomic E-state index is 0.125. The molecule has 1 aliphatic rings. The molecule has 160 valence electrons. The number of hydrogen-bond donors (Lipinski definition) is 1. The van der Waals surface area contributed by atoms with Crippen molar-refractivity contribution in [2.45, 2.75) is 47.5 Å². The molecule has 0 aliphatic carbocycles. The lowest BCUT2D eigenvalue weighted by molar-refractivity contribution is -0.126. The molecule has 1 aromatic rings. The highest BCUT2D eigenvalue weighted by atomic mass is 16.5. The van der Waals surface area contributed by atoms with E-state index in [0.29, 0.717) is 32.1 Å². The van der Waals surface area contributed by atoms with Crippen molar-refractivity contribution in [3.8, 4) is 0 Å². The average Bonchev–Trinajstić information content (AvgIpc) is 2.74. The van der Waals surface area contributed by atoms with Crippen LogP contribution in [0.4, 0.5) is 11.6 Å². The maximum absolute atomic E-state index is 12.1. The summed E-state index contributed by atoms with van der Waals surface area (Å²) < 4.78 is 10.7. The van der Waals surface area contributed by atoms with Gasteiger partial charge in [0.05, 0.1) is 32.2 Å². The van der Waals surface area contributed by atoms with Crippen LogP contribution < -0.4 is 10.2 Å². The van der Waals surface area contributed by atoms with Gasteiger partial charge in [-0.3, -0.25) is 4.79 Å². The van der Waals surface area contributed by atoms with Crippen molar-refractivity contribution in [2.24, 2.45) is 11.8 Å². The highest BCUT2D eigenvalue weighted by molar-refractivity contribution is 5.83. The first-order chi connectivity index (χ1) is 13.6. The number of ketones is 1. The van der Waals surface area contributed by atoms with Gasteiger partial charge in [0.25, 0.3) is 0 Å². The summed E-state index contributed by atoms with van der Waals surface area (Å²) in [5.41, 5.74) is 0. The summed E-state index contributed by atoms with van der Waals surface area (Å²) in [6.45, 7) is 14.9. The Kier molecular flexibility index (Phi) is 12.4. The third-order valence-corrected chi connectivity index (χ3v) is 4.56. The minimum Gasteiger partial charge on any atom is -0.379 e. The minimum atomic E-state index is 0.125. The lowest BCUT2D eigenvalue weighted by Crippen LogP contribution is -2.37. The van der Waals surface area contributed by atoms with Gasteiger partial charge in [0.1, 0.15) is 17.4 Å². The predicted octanol–water partition coefficient (Wildman–Crippen LogP) is 3.41. The number of ether oxygens (including phenoxy) is 2. The van der Waals surface area contributed by atoms with E-state index < -0.39 is 0 Å². The smallest absolute Gasteiger partial charge is 0.147 e. The maximum Gasteiger partial charge on any atom is 0.147 e. The number of nitrogens with one attached hydrogen (secondary N) is 1. The predicted molar refractivity (Wildman–Crippen MR) is 114 cm³/mol. The summed E-state index contributed by atoms with van der Waals surface area (Å²) >= 11 is 0. The molecule has 0 unspecified atom stereocenters. The van der Waals surface area contributed by atoms with Crippen molar-refractivity contribution >= 4 is 17.4 Å². The Bertz CT molecular complexity index is 529. The quantitative estimate of drug-likeness (QED) is 0.576. The fourth-order valence-corrected chi connectivity index (χ4v) is 3.06. The normalized spacial score (nSPS) is 14.6. The number of anilines is 2. The molecule has 0 saturated carbocycles. The lowest BCUT2D eigenvalue weighted by atomic mass is 9.87. The van der Waals surface area contributed by atoms with E-state index in [0.717, 1.165) is 44.2 Å². The molecule has 7 heteroatoms. The Hall–Kier alpha value is -1.73. The Morgan fingerprint density at radius 2 is 1.82 bits per heavy atom. The SMILES string of the molecule is CC.CCOCCOCCNc1cnc(N2CCC(C(=O)C(C)C)CC2)cn1. The average molecular weight is 395 g/mol. The Balaban J connectivity index is 0.00000190. The first kappa shape index (κ1) is 24.3. The van der Waals surface area contributed by atoms with E-state index in [4.69, 9.17) is 9.47 Å². The van der Waals surface area contributed by atoms with Crippen molar-refractivity contribution in [2.75, 3.05) is 56.3 Å². The monoisotopic (exact) mass is 394 g/mol. The van der Waals surface area contributed by atoms with Crippen molar-refractivity contribution < 1.29 is 14.3 Å². The van der Waals surface area contributed by atoms with Gasteiger partial charge in [0.2, 0.25) is 0 Å². The van der Waals surface area contributed by atoms with E-state index in [1.54, 1.807) is 12.4 Å². The van der Waals surface area contributed by atoms with Crippen molar-refractivity contribution in [3.63, 3.8) is 0 Å². The Labute approximate surface area is 170 Å². The summed E-state index contributed by atoms with van der Waals surface area (Å²) in [5, 5.41) is 3.20. The summed E-state index contributed by atoms with van der Waals surface area (Å²) in [6.07, 6.45) is 5.35. The third-order valence-electron chi connectivity index (χ3n) is 4.56. The van der Waals surface area contributed by atoms with E-state index in [-0.39, 0.29) is 11.8 Å². The van der Waals surface area contributed by atoms with Gasteiger partial charge in [-0.15, -0.1) is 0 Å². The lowest BCUT2D eigenvalue weighted by Gasteiger charge is -2.32. The van der Waals surface area contributed by atoms with Gasteiger partial charge in [-0.1, -0.05) is 27.7 Å². The van der Waals surface area contributed by atoms with Crippen LogP contribution in [-0.4, -0.2) is 61.8 Å². The zero-order chi connectivity index (χ0) is 20.8. The largest absolute Gasteiger partial charge is 0.379 e. The van der Waals surface area contributed by atoms with Gasteiger partial charge in [0, 0.05) is 38.1 Å². The molecule has 0 bridgehead atoms. The molecule has 1 fully saturated rings. The molecule has 2 rings (SSSR count). The number of aromatic nitrogens is 2. The van der Waals surface area contributed by atoms with Crippen LogP contribution in [0, 0.1) is 11.8 Å². The topological polar surface area (TPSA) is 76.6 Å². The number of hydrogen-bond acceptors (Lipinski definition) is 7. The number of Topliss-reactive ketones (excluding diaryl/α,β-unsaturated/α-hetero) is 1. The van der Waals surface area contributed by atoms with E-state index in [9.17, 15) is 4.79 Å². The molecule has 0 amide bonds. The van der Waals surface area contributed by atoms with Crippen LogP contribution in [0.5, 0.6) is 0 Å². The summed E-state index contributed by atoms with van der Waals surface area (Å²) in [5.74, 6) is 2.33. The van der Waals surface area contributed by atoms with Crippen LogP contribution in [-0.2, 0) is 14.3 Å². The number of nitrogens with zero attached hydrogens (tertiary/aromatic N) is 3. The summed E-state index contributed by atoms with van der Waals surface area (Å²) in [7, 11) is 0. The maximum atomic E-state index is 12.1.